The molecule has 0 fully saturated rings. The molecular weight excluding hydrogens is 457 g/mol. The standard InChI is InChI=1S/C25H26FN3O4S/c1-4-12-33-22-17(6-5-7-19(22)32-3)18-13-20(30)27-23-21(18)24(31)28-25(29(23)2)34-14-15-8-10-16(26)11-9-15/h5-11,18H,4,12-14H2,1-3H3,(H,27,30). The van der Waals surface area contributed by atoms with Crippen LogP contribution in [0.4, 0.5) is 10.2 Å². The van der Waals surface area contributed by atoms with Crippen molar-refractivity contribution in [2.24, 2.45) is 7.05 Å². The molecule has 1 N–H and O–H groups in total. The van der Waals surface area contributed by atoms with Crippen LogP contribution in [0.3, 0.4) is 0 Å². The Labute approximate surface area is 201 Å². The quantitative estimate of drug-likeness (QED) is 0.376. The number of nitrogens with zero attached hydrogens (tertiary/aromatic N) is 2. The summed E-state index contributed by atoms with van der Waals surface area (Å²) in [5.41, 5.74) is 1.63. The number of aromatic nitrogens is 2. The second-order valence-electron chi connectivity index (χ2n) is 7.97. The van der Waals surface area contributed by atoms with Gasteiger partial charge in [-0.05, 0) is 30.2 Å². The van der Waals surface area contributed by atoms with E-state index in [1.807, 2.05) is 19.1 Å². The molecule has 0 saturated heterocycles. The van der Waals surface area contributed by atoms with Gasteiger partial charge in [-0.25, -0.2) is 4.39 Å². The molecule has 34 heavy (non-hydrogen) atoms. The first-order valence-corrected chi connectivity index (χ1v) is 12.0. The average Bonchev–Trinajstić information content (AvgIpc) is 2.84. The number of fused-ring (bicyclic) bond motifs is 1. The van der Waals surface area contributed by atoms with Crippen LogP contribution < -0.4 is 20.3 Å². The van der Waals surface area contributed by atoms with Gasteiger partial charge in [0.15, 0.2) is 16.7 Å². The summed E-state index contributed by atoms with van der Waals surface area (Å²) in [6, 6.07) is 11.7. The van der Waals surface area contributed by atoms with Gasteiger partial charge in [0.1, 0.15) is 11.6 Å². The molecule has 1 aromatic heterocycles. The molecule has 0 bridgehead atoms. The van der Waals surface area contributed by atoms with Gasteiger partial charge in [0.25, 0.3) is 5.56 Å². The summed E-state index contributed by atoms with van der Waals surface area (Å²) in [4.78, 5) is 30.3. The van der Waals surface area contributed by atoms with Gasteiger partial charge < -0.3 is 19.4 Å². The molecule has 178 valence electrons. The Kier molecular flexibility index (Phi) is 7.21. The molecule has 0 aliphatic carbocycles. The number of methoxy groups -OCH3 is 1. The van der Waals surface area contributed by atoms with Gasteiger partial charge in [-0.15, -0.1) is 0 Å². The number of nitrogens with one attached hydrogen (secondary N) is 1. The maximum Gasteiger partial charge on any atom is 0.279 e. The third-order valence-electron chi connectivity index (χ3n) is 5.64. The zero-order chi connectivity index (χ0) is 24.2. The van der Waals surface area contributed by atoms with Crippen LogP contribution in [0.2, 0.25) is 0 Å². The lowest BCUT2D eigenvalue weighted by Gasteiger charge is -2.29. The molecule has 9 heteroatoms. The Morgan fingerprint density at radius 3 is 2.68 bits per heavy atom. The number of para-hydroxylation sites is 1. The lowest BCUT2D eigenvalue weighted by atomic mass is 9.86. The van der Waals surface area contributed by atoms with E-state index in [4.69, 9.17) is 9.47 Å². The maximum absolute atomic E-state index is 13.3. The number of hydrogen-bond acceptors (Lipinski definition) is 6. The maximum atomic E-state index is 13.3. The number of carbonyl (C=O) groups excluding carboxylic acids is 1. The highest BCUT2D eigenvalue weighted by molar-refractivity contribution is 7.98. The molecule has 1 aliphatic heterocycles. The summed E-state index contributed by atoms with van der Waals surface area (Å²) >= 11 is 1.34. The number of amides is 1. The molecule has 0 spiro atoms. The molecule has 7 nitrogen and oxygen atoms in total. The monoisotopic (exact) mass is 483 g/mol. The minimum Gasteiger partial charge on any atom is -0.493 e. The van der Waals surface area contributed by atoms with Crippen LogP contribution >= 0.6 is 11.8 Å². The highest BCUT2D eigenvalue weighted by Crippen LogP contribution is 2.43. The largest absolute Gasteiger partial charge is 0.493 e. The Bertz CT molecular complexity index is 1260. The summed E-state index contributed by atoms with van der Waals surface area (Å²) in [6.07, 6.45) is 0.902. The van der Waals surface area contributed by atoms with E-state index in [9.17, 15) is 14.0 Å². The number of carbonyl (C=O) groups is 1. The number of thioether (sulfide) groups is 1. The van der Waals surface area contributed by atoms with Crippen LogP contribution in [-0.2, 0) is 17.6 Å². The molecule has 1 unspecified atom stereocenters. The Hall–Kier alpha value is -3.33. The molecule has 2 heterocycles. The molecule has 4 rings (SSSR count). The lowest BCUT2D eigenvalue weighted by Crippen LogP contribution is -2.33. The Morgan fingerprint density at radius 1 is 1.21 bits per heavy atom. The van der Waals surface area contributed by atoms with Crippen LogP contribution in [0, 0.1) is 5.82 Å². The van der Waals surface area contributed by atoms with Gasteiger partial charge in [-0.3, -0.25) is 9.59 Å². The van der Waals surface area contributed by atoms with Gasteiger partial charge in [0, 0.05) is 30.7 Å². The summed E-state index contributed by atoms with van der Waals surface area (Å²) < 4.78 is 26.4. The summed E-state index contributed by atoms with van der Waals surface area (Å²) in [5, 5.41) is 3.32. The van der Waals surface area contributed by atoms with E-state index in [1.54, 1.807) is 36.9 Å². The number of benzene rings is 2. The van der Waals surface area contributed by atoms with Gasteiger partial charge in [0.2, 0.25) is 5.91 Å². The Balaban J connectivity index is 1.74. The molecule has 1 atom stereocenters. The van der Waals surface area contributed by atoms with E-state index in [1.165, 1.54) is 23.9 Å². The van der Waals surface area contributed by atoms with Crippen molar-refractivity contribution in [2.75, 3.05) is 19.0 Å². The number of hydrogen-bond donors (Lipinski definition) is 1. The molecule has 0 saturated carbocycles. The lowest BCUT2D eigenvalue weighted by molar-refractivity contribution is -0.116. The van der Waals surface area contributed by atoms with Crippen LogP contribution in [0.5, 0.6) is 11.5 Å². The van der Waals surface area contributed by atoms with Crippen LogP contribution in [0.1, 0.15) is 42.4 Å². The van der Waals surface area contributed by atoms with Gasteiger partial charge in [-0.2, -0.15) is 4.98 Å². The summed E-state index contributed by atoms with van der Waals surface area (Å²) in [5.74, 6) is 0.991. The smallest absolute Gasteiger partial charge is 0.279 e. The third-order valence-corrected chi connectivity index (χ3v) is 6.74. The first-order chi connectivity index (χ1) is 16.4. The summed E-state index contributed by atoms with van der Waals surface area (Å²) in [6.45, 7) is 2.48. The van der Waals surface area contributed by atoms with E-state index in [2.05, 4.69) is 10.3 Å². The fraction of sp³-hybridized carbons (Fsp3) is 0.320. The van der Waals surface area contributed by atoms with Crippen LogP contribution in [0.25, 0.3) is 0 Å². The predicted octanol–water partition coefficient (Wildman–Crippen LogP) is 4.48. The highest BCUT2D eigenvalue weighted by atomic mass is 32.2. The first-order valence-electron chi connectivity index (χ1n) is 11.0. The SMILES string of the molecule is CCCOc1c(OC)cccc1C1CC(=O)Nc2c1c(=O)nc(SCc1ccc(F)cc1)n2C. The van der Waals surface area contributed by atoms with Gasteiger partial charge in [-0.1, -0.05) is 43.0 Å². The fourth-order valence-corrected chi connectivity index (χ4v) is 4.91. The van der Waals surface area contributed by atoms with Crippen molar-refractivity contribution in [3.05, 3.63) is 75.3 Å². The topological polar surface area (TPSA) is 82.4 Å². The number of rotatable bonds is 8. The summed E-state index contributed by atoms with van der Waals surface area (Å²) in [7, 11) is 3.33. The predicted molar refractivity (Wildman–Crippen MR) is 129 cm³/mol. The van der Waals surface area contributed by atoms with Crippen LogP contribution in [-0.4, -0.2) is 29.2 Å². The first kappa shape index (κ1) is 23.8. The zero-order valence-electron chi connectivity index (χ0n) is 19.3. The van der Waals surface area contributed by atoms with Crippen molar-refractivity contribution in [1.82, 2.24) is 9.55 Å². The average molecular weight is 484 g/mol. The molecule has 1 aliphatic rings. The van der Waals surface area contributed by atoms with E-state index >= 15 is 0 Å². The second-order valence-corrected chi connectivity index (χ2v) is 8.91. The highest BCUT2D eigenvalue weighted by Gasteiger charge is 2.34. The van der Waals surface area contributed by atoms with Crippen molar-refractivity contribution in [3.63, 3.8) is 0 Å². The molecule has 0 radical (unpaired) electrons. The molecule has 2 aromatic carbocycles. The number of ether oxygens (including phenoxy) is 2. The number of halogens is 1. The molecule has 1 amide bonds. The zero-order valence-corrected chi connectivity index (χ0v) is 20.1. The minimum atomic E-state index is -0.520. The second kappa shape index (κ2) is 10.3. The van der Waals surface area contributed by atoms with Crippen molar-refractivity contribution < 1.29 is 18.7 Å². The third kappa shape index (κ3) is 4.79. The fourth-order valence-electron chi connectivity index (χ4n) is 3.99. The molecular formula is C25H26FN3O4S. The molecule has 3 aromatic rings. The van der Waals surface area contributed by atoms with Crippen molar-refractivity contribution in [3.8, 4) is 11.5 Å². The normalized spacial score (nSPS) is 14.9. The van der Waals surface area contributed by atoms with Crippen molar-refractivity contribution in [1.29, 1.82) is 0 Å². The van der Waals surface area contributed by atoms with E-state index in [-0.39, 0.29) is 18.1 Å². The van der Waals surface area contributed by atoms with Crippen LogP contribution in [0.15, 0.2) is 52.4 Å². The van der Waals surface area contributed by atoms with Gasteiger partial charge in [0.05, 0.1) is 19.3 Å². The van der Waals surface area contributed by atoms with Crippen molar-refractivity contribution >= 4 is 23.5 Å². The number of anilines is 1. The van der Waals surface area contributed by atoms with Gasteiger partial charge >= 0.3 is 0 Å². The van der Waals surface area contributed by atoms with E-state index < -0.39 is 11.5 Å². The van der Waals surface area contributed by atoms with Crippen molar-refractivity contribution in [2.45, 2.75) is 36.6 Å². The Morgan fingerprint density at radius 2 is 1.97 bits per heavy atom. The van der Waals surface area contributed by atoms with E-state index in [0.717, 1.165) is 17.5 Å². The van der Waals surface area contributed by atoms with E-state index in [0.29, 0.717) is 40.4 Å². The minimum absolute atomic E-state index is 0.0989.